The van der Waals surface area contributed by atoms with Gasteiger partial charge in [-0.05, 0) is 58.4 Å². The molecule has 5 rings (SSSR count). The Labute approximate surface area is 234 Å². The van der Waals surface area contributed by atoms with Crippen molar-refractivity contribution in [1.82, 2.24) is 29.9 Å². The SMILES string of the molecule is Cc1cc2[nH]nc(-c3cnc(-c4cn(CC(C)(C)O)nc4C)c(F)c3)c2cc1O[C@H](C)c1c(Cl)cncc1Cl. The number of benzene rings is 1. The number of aromatic nitrogens is 6. The van der Waals surface area contributed by atoms with Gasteiger partial charge in [-0.15, -0.1) is 0 Å². The van der Waals surface area contributed by atoms with E-state index in [1.807, 2.05) is 26.0 Å². The van der Waals surface area contributed by atoms with Gasteiger partial charge in [0.1, 0.15) is 29.1 Å². The number of pyridine rings is 2. The van der Waals surface area contributed by atoms with Gasteiger partial charge in [0.25, 0.3) is 0 Å². The zero-order chi connectivity index (χ0) is 28.1. The number of ether oxygens (including phenoxy) is 1. The van der Waals surface area contributed by atoms with Gasteiger partial charge < -0.3 is 9.84 Å². The van der Waals surface area contributed by atoms with Crippen molar-refractivity contribution in [3.05, 3.63) is 75.7 Å². The monoisotopic (exact) mass is 568 g/mol. The lowest BCUT2D eigenvalue weighted by atomic mass is 10.1. The van der Waals surface area contributed by atoms with Crippen LogP contribution in [0.25, 0.3) is 33.4 Å². The van der Waals surface area contributed by atoms with Gasteiger partial charge in [0.2, 0.25) is 0 Å². The van der Waals surface area contributed by atoms with Crippen LogP contribution in [0.5, 0.6) is 5.75 Å². The second-order valence-corrected chi connectivity index (χ2v) is 11.0. The summed E-state index contributed by atoms with van der Waals surface area (Å²) < 4.78 is 23.2. The molecular formula is C28H27Cl2FN6O2. The van der Waals surface area contributed by atoms with Gasteiger partial charge in [-0.3, -0.25) is 19.7 Å². The van der Waals surface area contributed by atoms with Crippen LogP contribution in [0.4, 0.5) is 4.39 Å². The summed E-state index contributed by atoms with van der Waals surface area (Å²) in [5, 5.41) is 23.5. The zero-order valence-electron chi connectivity index (χ0n) is 22.1. The number of aromatic amines is 1. The van der Waals surface area contributed by atoms with Crippen LogP contribution in [0.1, 0.15) is 43.7 Å². The van der Waals surface area contributed by atoms with E-state index in [2.05, 4.69) is 25.3 Å². The molecule has 0 saturated heterocycles. The molecular weight excluding hydrogens is 542 g/mol. The van der Waals surface area contributed by atoms with E-state index in [1.165, 1.54) is 18.5 Å². The number of rotatable bonds is 7. The predicted octanol–water partition coefficient (Wildman–Crippen LogP) is 6.86. The van der Waals surface area contributed by atoms with E-state index in [9.17, 15) is 5.11 Å². The molecule has 39 heavy (non-hydrogen) atoms. The molecule has 5 aromatic rings. The summed E-state index contributed by atoms with van der Waals surface area (Å²) in [6, 6.07) is 5.19. The topological polar surface area (TPSA) is 102 Å². The summed E-state index contributed by atoms with van der Waals surface area (Å²) in [7, 11) is 0. The molecule has 1 atom stereocenters. The van der Waals surface area contributed by atoms with Crippen LogP contribution in [0.15, 0.2) is 43.0 Å². The highest BCUT2D eigenvalue weighted by Crippen LogP contribution is 2.37. The number of nitrogens with zero attached hydrogens (tertiary/aromatic N) is 5. The molecule has 4 aromatic heterocycles. The fraction of sp³-hybridized carbons (Fsp3) is 0.286. The maximum absolute atomic E-state index is 15.4. The van der Waals surface area contributed by atoms with Crippen LogP contribution >= 0.6 is 23.2 Å². The molecule has 4 heterocycles. The third kappa shape index (κ3) is 5.48. The normalized spacial score (nSPS) is 12.7. The number of aliphatic hydroxyl groups is 1. The lowest BCUT2D eigenvalue weighted by Gasteiger charge is -2.19. The molecule has 0 fully saturated rings. The summed E-state index contributed by atoms with van der Waals surface area (Å²) in [6.45, 7) is 9.21. The van der Waals surface area contributed by atoms with Crippen molar-refractivity contribution in [2.45, 2.75) is 52.9 Å². The maximum atomic E-state index is 15.4. The number of hydrogen-bond donors (Lipinski definition) is 2. The Hall–Kier alpha value is -3.53. The average Bonchev–Trinajstić information content (AvgIpc) is 3.40. The number of H-pyrrole nitrogens is 1. The van der Waals surface area contributed by atoms with Gasteiger partial charge in [0, 0.05) is 46.9 Å². The Bertz CT molecular complexity index is 1670. The summed E-state index contributed by atoms with van der Waals surface area (Å²) >= 11 is 12.6. The number of aryl methyl sites for hydroxylation is 2. The fourth-order valence-electron chi connectivity index (χ4n) is 4.55. The third-order valence-electron chi connectivity index (χ3n) is 6.32. The average molecular weight is 569 g/mol. The first-order chi connectivity index (χ1) is 18.4. The second-order valence-electron chi connectivity index (χ2n) is 10.2. The minimum Gasteiger partial charge on any atom is -0.486 e. The Morgan fingerprint density at radius 3 is 2.49 bits per heavy atom. The van der Waals surface area contributed by atoms with Crippen LogP contribution in [0.2, 0.25) is 10.0 Å². The van der Waals surface area contributed by atoms with Crippen molar-refractivity contribution in [2.24, 2.45) is 0 Å². The molecule has 0 aliphatic heterocycles. The van der Waals surface area contributed by atoms with Crippen LogP contribution in [0, 0.1) is 19.7 Å². The molecule has 0 spiro atoms. The summed E-state index contributed by atoms with van der Waals surface area (Å²) in [4.78, 5) is 8.42. The standard InChI is InChI=1S/C28H27Cl2FN6O2/c1-14-6-23-18(8-24(14)39-16(3)25-20(29)10-32-11-21(25)30)26(35-34-23)17-7-22(31)27(33-9-17)19-12-37(36-15(19)2)13-28(4,5)38/h6-12,16,38H,13H2,1-5H3,(H,34,35)/t16-/m1/s1. The molecule has 0 bridgehead atoms. The first kappa shape index (κ1) is 27.1. The first-order valence-electron chi connectivity index (χ1n) is 12.3. The molecule has 202 valence electrons. The van der Waals surface area contributed by atoms with Crippen LogP contribution in [0.3, 0.4) is 0 Å². The maximum Gasteiger partial charge on any atom is 0.150 e. The van der Waals surface area contributed by atoms with E-state index in [4.69, 9.17) is 27.9 Å². The molecule has 0 aliphatic carbocycles. The van der Waals surface area contributed by atoms with Gasteiger partial charge in [-0.1, -0.05) is 23.2 Å². The van der Waals surface area contributed by atoms with Crippen molar-refractivity contribution in [3.8, 4) is 28.3 Å². The molecule has 1 aromatic carbocycles. The number of fused-ring (bicyclic) bond motifs is 1. The summed E-state index contributed by atoms with van der Waals surface area (Å²) in [5.74, 6) is 0.107. The van der Waals surface area contributed by atoms with Crippen molar-refractivity contribution >= 4 is 34.1 Å². The van der Waals surface area contributed by atoms with Crippen molar-refractivity contribution in [2.75, 3.05) is 0 Å². The third-order valence-corrected chi connectivity index (χ3v) is 6.93. The summed E-state index contributed by atoms with van der Waals surface area (Å²) in [5.41, 5.74) is 3.73. The largest absolute Gasteiger partial charge is 0.486 e. The van der Waals surface area contributed by atoms with E-state index < -0.39 is 17.5 Å². The van der Waals surface area contributed by atoms with Crippen LogP contribution in [-0.4, -0.2) is 40.7 Å². The number of nitrogens with one attached hydrogen (secondary N) is 1. The Morgan fingerprint density at radius 2 is 1.82 bits per heavy atom. The predicted molar refractivity (Wildman–Crippen MR) is 150 cm³/mol. The van der Waals surface area contributed by atoms with Crippen LogP contribution < -0.4 is 4.74 Å². The molecule has 0 radical (unpaired) electrons. The van der Waals surface area contributed by atoms with E-state index in [0.29, 0.717) is 43.9 Å². The number of hydrogen-bond acceptors (Lipinski definition) is 6. The van der Waals surface area contributed by atoms with Crippen molar-refractivity contribution in [3.63, 3.8) is 0 Å². The lowest BCUT2D eigenvalue weighted by Crippen LogP contribution is -2.26. The molecule has 8 nitrogen and oxygen atoms in total. The highest BCUT2D eigenvalue weighted by Gasteiger charge is 2.21. The fourth-order valence-corrected chi connectivity index (χ4v) is 5.22. The second kappa shape index (κ2) is 10.2. The van der Waals surface area contributed by atoms with Gasteiger partial charge in [-0.25, -0.2) is 4.39 Å². The highest BCUT2D eigenvalue weighted by molar-refractivity contribution is 6.35. The van der Waals surface area contributed by atoms with Crippen molar-refractivity contribution < 1.29 is 14.2 Å². The van der Waals surface area contributed by atoms with Gasteiger partial charge in [-0.2, -0.15) is 10.2 Å². The minimum absolute atomic E-state index is 0.179. The van der Waals surface area contributed by atoms with E-state index in [0.717, 1.165) is 16.5 Å². The van der Waals surface area contributed by atoms with Gasteiger partial charge in [0.15, 0.2) is 0 Å². The Morgan fingerprint density at radius 1 is 1.10 bits per heavy atom. The Balaban J connectivity index is 1.48. The molecule has 0 aliphatic rings. The quantitative estimate of drug-likeness (QED) is 0.222. The van der Waals surface area contributed by atoms with E-state index in [-0.39, 0.29) is 12.2 Å². The molecule has 11 heteroatoms. The molecule has 0 unspecified atom stereocenters. The smallest absolute Gasteiger partial charge is 0.150 e. The number of halogens is 3. The lowest BCUT2D eigenvalue weighted by molar-refractivity contribution is 0.0577. The molecule has 0 amide bonds. The first-order valence-corrected chi connectivity index (χ1v) is 13.0. The highest BCUT2D eigenvalue weighted by atomic mass is 35.5. The summed E-state index contributed by atoms with van der Waals surface area (Å²) in [6.07, 6.45) is 5.88. The van der Waals surface area contributed by atoms with Gasteiger partial charge >= 0.3 is 0 Å². The van der Waals surface area contributed by atoms with Crippen LogP contribution in [-0.2, 0) is 6.54 Å². The zero-order valence-corrected chi connectivity index (χ0v) is 23.6. The van der Waals surface area contributed by atoms with E-state index in [1.54, 1.807) is 37.8 Å². The van der Waals surface area contributed by atoms with Crippen molar-refractivity contribution in [1.29, 1.82) is 0 Å². The molecule has 2 N–H and O–H groups in total. The molecule has 0 saturated carbocycles. The van der Waals surface area contributed by atoms with E-state index >= 15 is 4.39 Å². The van der Waals surface area contributed by atoms with Gasteiger partial charge in [0.05, 0.1) is 33.4 Å². The Kier molecular flexibility index (Phi) is 7.09. The minimum atomic E-state index is -0.956.